The summed E-state index contributed by atoms with van der Waals surface area (Å²) in [4.78, 5) is 16.1. The maximum absolute atomic E-state index is 11.9. The van der Waals surface area contributed by atoms with Crippen LogP contribution in [0.3, 0.4) is 0 Å². The Balaban J connectivity index is 1.50. The minimum Gasteiger partial charge on any atom is -0.385 e. The van der Waals surface area contributed by atoms with Gasteiger partial charge in [0.15, 0.2) is 0 Å². The van der Waals surface area contributed by atoms with E-state index in [-0.39, 0.29) is 11.6 Å². The van der Waals surface area contributed by atoms with Crippen molar-refractivity contribution in [3.8, 4) is 0 Å². The Kier molecular flexibility index (Phi) is 5.20. The van der Waals surface area contributed by atoms with E-state index in [1.165, 1.54) is 11.3 Å². The fraction of sp³-hybridized carbons (Fsp3) is 0.562. The molecule has 1 aliphatic carbocycles. The van der Waals surface area contributed by atoms with Crippen molar-refractivity contribution < 1.29 is 5.11 Å². The van der Waals surface area contributed by atoms with E-state index < -0.39 is 6.10 Å². The molecular formula is C16H22N4O2S. The summed E-state index contributed by atoms with van der Waals surface area (Å²) >= 11 is 1.49. The van der Waals surface area contributed by atoms with E-state index in [9.17, 15) is 9.90 Å². The van der Waals surface area contributed by atoms with E-state index in [0.29, 0.717) is 12.6 Å². The van der Waals surface area contributed by atoms with Crippen LogP contribution in [0.1, 0.15) is 49.2 Å². The average molecular weight is 334 g/mol. The van der Waals surface area contributed by atoms with Crippen LogP contribution in [0.2, 0.25) is 0 Å². The Morgan fingerprint density at radius 3 is 2.87 bits per heavy atom. The first-order valence-corrected chi connectivity index (χ1v) is 8.94. The number of nitrogens with one attached hydrogen (secondary N) is 1. The van der Waals surface area contributed by atoms with Crippen LogP contribution in [0.5, 0.6) is 0 Å². The van der Waals surface area contributed by atoms with Gasteiger partial charge in [-0.15, -0.1) is 11.3 Å². The second-order valence-corrected chi connectivity index (χ2v) is 6.82. The lowest BCUT2D eigenvalue weighted by molar-refractivity contribution is 0.158. The third-order valence-electron chi connectivity index (χ3n) is 4.39. The third kappa shape index (κ3) is 4.04. The van der Waals surface area contributed by atoms with E-state index in [2.05, 4.69) is 15.4 Å². The fourth-order valence-electron chi connectivity index (χ4n) is 3.08. The van der Waals surface area contributed by atoms with Gasteiger partial charge in [0.1, 0.15) is 6.10 Å². The van der Waals surface area contributed by atoms with Gasteiger partial charge in [-0.2, -0.15) is 5.10 Å². The quantitative estimate of drug-likeness (QED) is 0.872. The summed E-state index contributed by atoms with van der Waals surface area (Å²) in [6.45, 7) is 2.42. The summed E-state index contributed by atoms with van der Waals surface area (Å²) in [5.74, 6) is 0. The SMILES string of the molecule is Cc1ccc(=O)n(C2CCC(NCC(O)c3cscn3)CC2)n1. The van der Waals surface area contributed by atoms with Gasteiger partial charge in [0, 0.05) is 24.0 Å². The molecule has 3 rings (SSSR count). The molecule has 0 radical (unpaired) electrons. The summed E-state index contributed by atoms with van der Waals surface area (Å²) in [5.41, 5.74) is 3.31. The number of hydrogen-bond acceptors (Lipinski definition) is 6. The maximum atomic E-state index is 11.9. The van der Waals surface area contributed by atoms with Crippen molar-refractivity contribution >= 4 is 11.3 Å². The molecule has 7 heteroatoms. The van der Waals surface area contributed by atoms with Crippen LogP contribution in [0.4, 0.5) is 0 Å². The highest BCUT2D eigenvalue weighted by Crippen LogP contribution is 2.27. The van der Waals surface area contributed by atoms with Gasteiger partial charge in [0.2, 0.25) is 0 Å². The standard InChI is InChI=1S/C16H22N4O2S/c1-11-2-7-16(22)20(19-11)13-5-3-12(4-6-13)17-8-15(21)14-9-23-10-18-14/h2,7,9-10,12-13,15,17,21H,3-6,8H2,1H3. The molecule has 0 spiro atoms. The minimum atomic E-state index is -0.556. The van der Waals surface area contributed by atoms with E-state index in [1.807, 2.05) is 12.3 Å². The van der Waals surface area contributed by atoms with Gasteiger partial charge in [-0.25, -0.2) is 9.67 Å². The molecule has 2 aromatic rings. The van der Waals surface area contributed by atoms with Crippen LogP contribution in [0, 0.1) is 6.92 Å². The molecule has 1 aliphatic rings. The molecule has 0 aromatic carbocycles. The van der Waals surface area contributed by atoms with Crippen LogP contribution in [-0.2, 0) is 0 Å². The van der Waals surface area contributed by atoms with E-state index in [0.717, 1.165) is 37.1 Å². The Labute approximate surface area is 139 Å². The van der Waals surface area contributed by atoms with E-state index in [1.54, 1.807) is 22.3 Å². The van der Waals surface area contributed by atoms with Gasteiger partial charge in [-0.3, -0.25) is 4.79 Å². The fourth-order valence-corrected chi connectivity index (χ4v) is 3.68. The average Bonchev–Trinajstić information content (AvgIpc) is 3.10. The molecule has 124 valence electrons. The summed E-state index contributed by atoms with van der Waals surface area (Å²) in [6.07, 6.45) is 3.27. The van der Waals surface area contributed by atoms with Crippen molar-refractivity contribution in [2.45, 2.75) is 50.8 Å². The molecule has 1 saturated carbocycles. The van der Waals surface area contributed by atoms with Crippen molar-refractivity contribution in [2.24, 2.45) is 0 Å². The van der Waals surface area contributed by atoms with Gasteiger partial charge in [-0.05, 0) is 38.7 Å². The number of rotatable bonds is 5. The van der Waals surface area contributed by atoms with Crippen LogP contribution < -0.4 is 10.9 Å². The second-order valence-electron chi connectivity index (χ2n) is 6.10. The highest BCUT2D eigenvalue weighted by Gasteiger charge is 2.24. The summed E-state index contributed by atoms with van der Waals surface area (Å²) in [5, 5.41) is 19.7. The second kappa shape index (κ2) is 7.33. The van der Waals surface area contributed by atoms with Gasteiger partial charge < -0.3 is 10.4 Å². The molecule has 23 heavy (non-hydrogen) atoms. The zero-order valence-corrected chi connectivity index (χ0v) is 14.0. The predicted octanol–water partition coefficient (Wildman–Crippen LogP) is 1.82. The smallest absolute Gasteiger partial charge is 0.267 e. The van der Waals surface area contributed by atoms with Crippen molar-refractivity contribution in [2.75, 3.05) is 6.54 Å². The molecule has 2 heterocycles. The number of hydrogen-bond donors (Lipinski definition) is 2. The monoisotopic (exact) mass is 334 g/mol. The number of aromatic nitrogens is 3. The molecule has 2 N–H and O–H groups in total. The zero-order chi connectivity index (χ0) is 16.2. The molecule has 0 saturated heterocycles. The van der Waals surface area contributed by atoms with Crippen LogP contribution >= 0.6 is 11.3 Å². The molecule has 2 aromatic heterocycles. The predicted molar refractivity (Wildman–Crippen MR) is 89.6 cm³/mol. The lowest BCUT2D eigenvalue weighted by Gasteiger charge is -2.30. The van der Waals surface area contributed by atoms with Crippen LogP contribution in [0.25, 0.3) is 0 Å². The molecule has 1 unspecified atom stereocenters. The van der Waals surface area contributed by atoms with E-state index >= 15 is 0 Å². The van der Waals surface area contributed by atoms with Gasteiger partial charge >= 0.3 is 0 Å². The molecule has 1 fully saturated rings. The Hall–Kier alpha value is -1.57. The first-order valence-electron chi connectivity index (χ1n) is 7.99. The third-order valence-corrected chi connectivity index (χ3v) is 5.00. The largest absolute Gasteiger partial charge is 0.385 e. The molecule has 6 nitrogen and oxygen atoms in total. The topological polar surface area (TPSA) is 80.0 Å². The van der Waals surface area contributed by atoms with Crippen molar-refractivity contribution in [1.29, 1.82) is 0 Å². The normalized spacial score (nSPS) is 22.9. The van der Waals surface area contributed by atoms with Crippen molar-refractivity contribution in [1.82, 2.24) is 20.1 Å². The lowest BCUT2D eigenvalue weighted by atomic mass is 9.91. The molecular weight excluding hydrogens is 312 g/mol. The Morgan fingerprint density at radius 1 is 1.39 bits per heavy atom. The molecule has 1 atom stereocenters. The number of aryl methyl sites for hydroxylation is 1. The van der Waals surface area contributed by atoms with Crippen LogP contribution in [0.15, 0.2) is 27.8 Å². The zero-order valence-electron chi connectivity index (χ0n) is 13.2. The Bertz CT molecular complexity index is 678. The minimum absolute atomic E-state index is 0.0223. The molecule has 0 amide bonds. The summed E-state index contributed by atoms with van der Waals surface area (Å²) < 4.78 is 1.63. The lowest BCUT2D eigenvalue weighted by Crippen LogP contribution is -2.38. The summed E-state index contributed by atoms with van der Waals surface area (Å²) in [7, 11) is 0. The van der Waals surface area contributed by atoms with E-state index in [4.69, 9.17) is 0 Å². The maximum Gasteiger partial charge on any atom is 0.267 e. The van der Waals surface area contributed by atoms with Gasteiger partial charge in [0.25, 0.3) is 5.56 Å². The van der Waals surface area contributed by atoms with Crippen LogP contribution in [-0.4, -0.2) is 32.5 Å². The van der Waals surface area contributed by atoms with Crippen molar-refractivity contribution in [3.05, 3.63) is 44.8 Å². The number of nitrogens with zero attached hydrogens (tertiary/aromatic N) is 3. The first kappa shape index (κ1) is 16.3. The number of aliphatic hydroxyl groups is 1. The highest BCUT2D eigenvalue weighted by atomic mass is 32.1. The van der Waals surface area contributed by atoms with Gasteiger partial charge in [-0.1, -0.05) is 0 Å². The Morgan fingerprint density at radius 2 is 2.17 bits per heavy atom. The van der Waals surface area contributed by atoms with Crippen molar-refractivity contribution in [3.63, 3.8) is 0 Å². The number of aliphatic hydroxyl groups excluding tert-OH is 1. The first-order chi connectivity index (χ1) is 11.1. The molecule has 0 aliphatic heterocycles. The van der Waals surface area contributed by atoms with Gasteiger partial charge in [0.05, 0.1) is 22.9 Å². The number of thiazole rings is 1. The molecule has 0 bridgehead atoms. The highest BCUT2D eigenvalue weighted by molar-refractivity contribution is 7.07. The summed E-state index contributed by atoms with van der Waals surface area (Å²) in [6, 6.07) is 3.91.